The van der Waals surface area contributed by atoms with Gasteiger partial charge >= 0.3 is 0 Å². The quantitative estimate of drug-likeness (QED) is 0.254. The van der Waals surface area contributed by atoms with Gasteiger partial charge in [-0.1, -0.05) is 51.2 Å². The maximum absolute atomic E-state index is 11.8. The van der Waals surface area contributed by atoms with E-state index in [1.807, 2.05) is 0 Å². The zero-order chi connectivity index (χ0) is 17.8. The molecule has 0 aliphatic rings. The summed E-state index contributed by atoms with van der Waals surface area (Å²) in [5.41, 5.74) is 0.757. The van der Waals surface area contributed by atoms with Crippen molar-refractivity contribution in [2.24, 2.45) is 0 Å². The van der Waals surface area contributed by atoms with Crippen molar-refractivity contribution < 1.29 is 19.7 Å². The summed E-state index contributed by atoms with van der Waals surface area (Å²) >= 11 is 0. The average molecular weight is 332 g/mol. The van der Waals surface area contributed by atoms with Gasteiger partial charge in [-0.05, 0) is 30.2 Å². The highest BCUT2D eigenvalue weighted by Gasteiger charge is 2.02. The number of ether oxygens (including phenoxy) is 1. The number of aromatic hydroxyl groups is 1. The molecule has 1 rings (SSSR count). The number of ketones is 1. The predicted molar refractivity (Wildman–Crippen MR) is 97.4 cm³/mol. The number of phenolic OH excluding ortho intramolecular Hbond substituents is 1. The number of carbonyl (C=O) groups excluding carboxylic acids is 1. The number of phenols is 1. The molecular weight excluding hydrogens is 304 g/mol. The summed E-state index contributed by atoms with van der Waals surface area (Å²) in [6.07, 6.45) is 11.6. The predicted octanol–water partition coefficient (Wildman–Crippen LogP) is 5.18. The molecule has 0 amide bonds. The van der Waals surface area contributed by atoms with Crippen LogP contribution in [0.3, 0.4) is 0 Å². The molecular formula is C20H28O4. The van der Waals surface area contributed by atoms with Gasteiger partial charge in [0, 0.05) is 12.5 Å². The van der Waals surface area contributed by atoms with Crippen molar-refractivity contribution in [3.05, 3.63) is 41.7 Å². The number of aliphatic hydroxyl groups is 1. The van der Waals surface area contributed by atoms with Gasteiger partial charge in [0.2, 0.25) is 0 Å². The van der Waals surface area contributed by atoms with Crippen LogP contribution in [0.25, 0.3) is 6.08 Å². The summed E-state index contributed by atoms with van der Waals surface area (Å²) in [6, 6.07) is 4.86. The van der Waals surface area contributed by atoms with E-state index in [9.17, 15) is 15.0 Å². The van der Waals surface area contributed by atoms with Crippen LogP contribution in [0.15, 0.2) is 36.1 Å². The lowest BCUT2D eigenvalue weighted by atomic mass is 10.1. The molecule has 1 aromatic carbocycles. The van der Waals surface area contributed by atoms with Gasteiger partial charge < -0.3 is 14.9 Å². The Morgan fingerprint density at radius 3 is 2.58 bits per heavy atom. The van der Waals surface area contributed by atoms with Gasteiger partial charge in [0.25, 0.3) is 0 Å². The second kappa shape index (κ2) is 11.3. The normalized spacial score (nSPS) is 11.8. The first-order valence-corrected chi connectivity index (χ1v) is 8.55. The molecule has 2 N–H and O–H groups in total. The Labute approximate surface area is 144 Å². The van der Waals surface area contributed by atoms with E-state index in [2.05, 4.69) is 6.92 Å². The molecule has 0 heterocycles. The van der Waals surface area contributed by atoms with Crippen LogP contribution in [0, 0.1) is 0 Å². The number of hydrogen-bond acceptors (Lipinski definition) is 4. The van der Waals surface area contributed by atoms with Gasteiger partial charge in [-0.3, -0.25) is 4.79 Å². The molecule has 1 aromatic rings. The SMILES string of the molecule is CCCCCCCCC(=O)C=C(O)C=Cc1ccc(O)c(OC)c1. The fraction of sp³-hybridized carbons (Fsp3) is 0.450. The lowest BCUT2D eigenvalue weighted by molar-refractivity contribution is -0.114. The monoisotopic (exact) mass is 332 g/mol. The molecule has 0 spiro atoms. The fourth-order valence-corrected chi connectivity index (χ4v) is 2.34. The highest BCUT2D eigenvalue weighted by atomic mass is 16.5. The smallest absolute Gasteiger partial charge is 0.161 e. The summed E-state index contributed by atoms with van der Waals surface area (Å²) < 4.78 is 5.02. The van der Waals surface area contributed by atoms with E-state index < -0.39 is 0 Å². The number of allylic oxidation sites excluding steroid dienone is 2. The maximum Gasteiger partial charge on any atom is 0.161 e. The molecule has 0 aromatic heterocycles. The largest absolute Gasteiger partial charge is 0.508 e. The average Bonchev–Trinajstić information content (AvgIpc) is 2.57. The second-order valence-electron chi connectivity index (χ2n) is 5.82. The van der Waals surface area contributed by atoms with Crippen LogP contribution in [0.2, 0.25) is 0 Å². The molecule has 0 saturated heterocycles. The first-order valence-electron chi connectivity index (χ1n) is 8.55. The van der Waals surface area contributed by atoms with Crippen molar-refractivity contribution in [1.29, 1.82) is 0 Å². The van der Waals surface area contributed by atoms with Crippen LogP contribution < -0.4 is 4.74 Å². The van der Waals surface area contributed by atoms with E-state index in [4.69, 9.17) is 4.74 Å². The minimum atomic E-state index is -0.0713. The van der Waals surface area contributed by atoms with Crippen molar-refractivity contribution in [2.75, 3.05) is 7.11 Å². The molecule has 4 heteroatoms. The van der Waals surface area contributed by atoms with Crippen LogP contribution in [0.1, 0.15) is 57.4 Å². The molecule has 0 aliphatic heterocycles. The minimum absolute atomic E-state index is 0.0588. The first kappa shape index (κ1) is 19.8. The van der Waals surface area contributed by atoms with Gasteiger partial charge in [0.15, 0.2) is 17.3 Å². The molecule has 0 fully saturated rings. The Kier molecular flexibility index (Phi) is 9.35. The van der Waals surface area contributed by atoms with E-state index in [1.165, 1.54) is 51.0 Å². The minimum Gasteiger partial charge on any atom is -0.508 e. The van der Waals surface area contributed by atoms with E-state index >= 15 is 0 Å². The molecule has 4 nitrogen and oxygen atoms in total. The summed E-state index contributed by atoms with van der Waals surface area (Å²) in [5, 5.41) is 19.3. The highest BCUT2D eigenvalue weighted by Crippen LogP contribution is 2.26. The molecule has 0 aliphatic carbocycles. The Hall–Kier alpha value is -2.23. The number of aliphatic hydroxyl groups excluding tert-OH is 1. The molecule has 0 unspecified atom stereocenters. The second-order valence-corrected chi connectivity index (χ2v) is 5.82. The Balaban J connectivity index is 2.43. The first-order chi connectivity index (χ1) is 11.6. The van der Waals surface area contributed by atoms with Gasteiger partial charge in [0.1, 0.15) is 5.76 Å². The third-order valence-electron chi connectivity index (χ3n) is 3.74. The number of rotatable bonds is 11. The van der Waals surface area contributed by atoms with E-state index in [0.29, 0.717) is 12.2 Å². The van der Waals surface area contributed by atoms with Crippen LogP contribution in [-0.4, -0.2) is 23.1 Å². The molecule has 0 radical (unpaired) electrons. The van der Waals surface area contributed by atoms with Gasteiger partial charge in [-0.15, -0.1) is 0 Å². The van der Waals surface area contributed by atoms with E-state index in [1.54, 1.807) is 18.2 Å². The molecule has 24 heavy (non-hydrogen) atoms. The molecule has 132 valence electrons. The van der Waals surface area contributed by atoms with Gasteiger partial charge in [-0.25, -0.2) is 0 Å². The Morgan fingerprint density at radius 1 is 1.17 bits per heavy atom. The molecule has 0 bridgehead atoms. The highest BCUT2D eigenvalue weighted by molar-refractivity contribution is 5.90. The number of carbonyl (C=O) groups is 1. The lowest BCUT2D eigenvalue weighted by Gasteiger charge is -2.03. The zero-order valence-electron chi connectivity index (χ0n) is 14.6. The summed E-state index contributed by atoms with van der Waals surface area (Å²) in [5.74, 6) is 0.289. The summed E-state index contributed by atoms with van der Waals surface area (Å²) in [7, 11) is 1.47. The van der Waals surface area contributed by atoms with Crippen molar-refractivity contribution >= 4 is 11.9 Å². The summed E-state index contributed by atoms with van der Waals surface area (Å²) in [4.78, 5) is 11.8. The van der Waals surface area contributed by atoms with Crippen LogP contribution in [-0.2, 0) is 4.79 Å². The van der Waals surface area contributed by atoms with Gasteiger partial charge in [-0.2, -0.15) is 0 Å². The zero-order valence-corrected chi connectivity index (χ0v) is 14.6. The van der Waals surface area contributed by atoms with Crippen molar-refractivity contribution in [2.45, 2.75) is 51.9 Å². The topological polar surface area (TPSA) is 66.8 Å². The van der Waals surface area contributed by atoms with E-state index in [-0.39, 0.29) is 17.3 Å². The van der Waals surface area contributed by atoms with Crippen molar-refractivity contribution in [1.82, 2.24) is 0 Å². The summed E-state index contributed by atoms with van der Waals surface area (Å²) in [6.45, 7) is 2.18. The van der Waals surface area contributed by atoms with Crippen LogP contribution in [0.5, 0.6) is 11.5 Å². The third kappa shape index (κ3) is 7.86. The fourth-order valence-electron chi connectivity index (χ4n) is 2.34. The van der Waals surface area contributed by atoms with E-state index in [0.717, 1.165) is 18.4 Å². The maximum atomic E-state index is 11.8. The number of benzene rings is 1. The lowest BCUT2D eigenvalue weighted by Crippen LogP contribution is -1.94. The molecule has 0 atom stereocenters. The third-order valence-corrected chi connectivity index (χ3v) is 3.74. The van der Waals surface area contributed by atoms with Crippen molar-refractivity contribution in [3.8, 4) is 11.5 Å². The standard InChI is InChI=1S/C20H28O4/c1-3-4-5-6-7-8-9-17(21)15-18(22)12-10-16-11-13-19(23)20(14-16)24-2/h10-15,22-23H,3-9H2,1-2H3. The van der Waals surface area contributed by atoms with Gasteiger partial charge in [0.05, 0.1) is 7.11 Å². The Morgan fingerprint density at radius 2 is 1.88 bits per heavy atom. The Bertz CT molecular complexity index is 573. The number of unbranched alkanes of at least 4 members (excludes halogenated alkanes) is 5. The number of hydrogen-bond donors (Lipinski definition) is 2. The van der Waals surface area contributed by atoms with Crippen LogP contribution >= 0.6 is 0 Å². The van der Waals surface area contributed by atoms with Crippen molar-refractivity contribution in [3.63, 3.8) is 0 Å². The number of methoxy groups -OCH3 is 1. The van der Waals surface area contributed by atoms with Crippen LogP contribution in [0.4, 0.5) is 0 Å². The molecule has 0 saturated carbocycles.